The van der Waals surface area contributed by atoms with E-state index in [4.69, 9.17) is 9.47 Å². The summed E-state index contributed by atoms with van der Waals surface area (Å²) in [5.74, 6) is 0.945. The van der Waals surface area contributed by atoms with E-state index < -0.39 is 0 Å². The first-order chi connectivity index (χ1) is 7.29. The van der Waals surface area contributed by atoms with Crippen molar-refractivity contribution in [1.29, 1.82) is 0 Å². The van der Waals surface area contributed by atoms with Gasteiger partial charge in [-0.15, -0.1) is 0 Å². The van der Waals surface area contributed by atoms with E-state index in [-0.39, 0.29) is 6.10 Å². The van der Waals surface area contributed by atoms with Gasteiger partial charge in [0.25, 0.3) is 0 Å². The van der Waals surface area contributed by atoms with Crippen LogP contribution in [0.15, 0.2) is 24.3 Å². The molecule has 0 amide bonds. The Hall–Kier alpha value is -1.02. The molecule has 84 valence electrons. The summed E-state index contributed by atoms with van der Waals surface area (Å²) in [6.07, 6.45) is 1.13. The van der Waals surface area contributed by atoms with Crippen molar-refractivity contribution in [2.75, 3.05) is 13.2 Å². The summed E-state index contributed by atoms with van der Waals surface area (Å²) in [6, 6.07) is 8.07. The molecule has 0 saturated heterocycles. The number of rotatable bonds is 6. The zero-order chi connectivity index (χ0) is 11.1. The Balaban J connectivity index is 2.75. The summed E-state index contributed by atoms with van der Waals surface area (Å²) >= 11 is 0. The average Bonchev–Trinajstić information content (AvgIpc) is 2.27. The summed E-state index contributed by atoms with van der Waals surface area (Å²) in [7, 11) is 0. The Morgan fingerprint density at radius 2 is 1.93 bits per heavy atom. The van der Waals surface area contributed by atoms with Crippen molar-refractivity contribution in [3.05, 3.63) is 29.8 Å². The smallest absolute Gasteiger partial charge is 0.125 e. The number of hydrogen-bond donors (Lipinski definition) is 0. The standard InChI is InChI=1S/C13H20O2/c1-4-10-15-13-9-7-6-8-12(13)11(3)14-5-2/h6-9,11H,4-5,10H2,1-3H3. The monoisotopic (exact) mass is 208 g/mol. The molecule has 0 aromatic heterocycles. The number of benzene rings is 1. The van der Waals surface area contributed by atoms with Crippen LogP contribution in [0.3, 0.4) is 0 Å². The molecule has 0 spiro atoms. The van der Waals surface area contributed by atoms with Crippen molar-refractivity contribution in [2.45, 2.75) is 33.3 Å². The maximum absolute atomic E-state index is 5.67. The van der Waals surface area contributed by atoms with Crippen molar-refractivity contribution in [3.8, 4) is 5.75 Å². The maximum Gasteiger partial charge on any atom is 0.125 e. The lowest BCUT2D eigenvalue weighted by Gasteiger charge is -2.16. The summed E-state index contributed by atoms with van der Waals surface area (Å²) in [5, 5.41) is 0. The van der Waals surface area contributed by atoms with E-state index in [0.717, 1.165) is 30.9 Å². The quantitative estimate of drug-likeness (QED) is 0.711. The maximum atomic E-state index is 5.67. The Morgan fingerprint density at radius 1 is 1.20 bits per heavy atom. The molecule has 1 atom stereocenters. The van der Waals surface area contributed by atoms with E-state index in [1.165, 1.54) is 0 Å². The number of hydrogen-bond acceptors (Lipinski definition) is 2. The molecule has 0 saturated carbocycles. The Labute approximate surface area is 92.2 Å². The minimum absolute atomic E-state index is 0.100. The van der Waals surface area contributed by atoms with Crippen LogP contribution in [0, 0.1) is 0 Å². The first kappa shape index (κ1) is 12.1. The van der Waals surface area contributed by atoms with Gasteiger partial charge in [-0.05, 0) is 26.3 Å². The van der Waals surface area contributed by atoms with Crippen molar-refractivity contribution >= 4 is 0 Å². The van der Waals surface area contributed by atoms with Gasteiger partial charge in [-0.1, -0.05) is 25.1 Å². The molecule has 2 nitrogen and oxygen atoms in total. The zero-order valence-corrected chi connectivity index (χ0v) is 9.82. The van der Waals surface area contributed by atoms with E-state index in [0.29, 0.717) is 0 Å². The largest absolute Gasteiger partial charge is 0.493 e. The molecule has 1 aromatic carbocycles. The van der Waals surface area contributed by atoms with Crippen LogP contribution in [0.4, 0.5) is 0 Å². The Morgan fingerprint density at radius 3 is 2.60 bits per heavy atom. The molecular formula is C13H20O2. The summed E-state index contributed by atoms with van der Waals surface area (Å²) in [5.41, 5.74) is 1.13. The summed E-state index contributed by atoms with van der Waals surface area (Å²) in [4.78, 5) is 0. The van der Waals surface area contributed by atoms with E-state index in [9.17, 15) is 0 Å². The molecule has 0 aliphatic carbocycles. The van der Waals surface area contributed by atoms with Crippen LogP contribution in [0.5, 0.6) is 5.75 Å². The molecule has 0 N–H and O–H groups in total. The average molecular weight is 208 g/mol. The van der Waals surface area contributed by atoms with Gasteiger partial charge in [-0.3, -0.25) is 0 Å². The van der Waals surface area contributed by atoms with Gasteiger partial charge in [0.1, 0.15) is 5.75 Å². The fourth-order valence-corrected chi connectivity index (χ4v) is 1.50. The third-order valence-electron chi connectivity index (χ3n) is 2.24. The van der Waals surface area contributed by atoms with Crippen LogP contribution in [0.1, 0.15) is 38.9 Å². The molecule has 0 aliphatic rings. The van der Waals surface area contributed by atoms with Crippen LogP contribution in [-0.4, -0.2) is 13.2 Å². The van der Waals surface area contributed by atoms with Crippen LogP contribution >= 0.6 is 0 Å². The lowest BCUT2D eigenvalue weighted by molar-refractivity contribution is 0.0739. The third kappa shape index (κ3) is 3.56. The molecule has 2 heteroatoms. The number of para-hydroxylation sites is 1. The first-order valence-corrected chi connectivity index (χ1v) is 5.62. The first-order valence-electron chi connectivity index (χ1n) is 5.62. The molecular weight excluding hydrogens is 188 g/mol. The molecule has 1 aromatic rings. The second-order valence-corrected chi connectivity index (χ2v) is 3.48. The molecule has 0 heterocycles. The van der Waals surface area contributed by atoms with Gasteiger partial charge in [0.2, 0.25) is 0 Å². The van der Waals surface area contributed by atoms with Gasteiger partial charge in [0, 0.05) is 12.2 Å². The summed E-state index contributed by atoms with van der Waals surface area (Å²) in [6.45, 7) is 7.65. The lowest BCUT2D eigenvalue weighted by atomic mass is 10.1. The molecule has 1 rings (SSSR count). The number of ether oxygens (including phenoxy) is 2. The Bertz CT molecular complexity index is 284. The van der Waals surface area contributed by atoms with E-state index in [1.807, 2.05) is 25.1 Å². The molecule has 1 unspecified atom stereocenters. The van der Waals surface area contributed by atoms with Crippen molar-refractivity contribution < 1.29 is 9.47 Å². The minimum Gasteiger partial charge on any atom is -0.493 e. The van der Waals surface area contributed by atoms with E-state index in [2.05, 4.69) is 19.9 Å². The normalized spacial score (nSPS) is 12.5. The van der Waals surface area contributed by atoms with Crippen molar-refractivity contribution in [2.24, 2.45) is 0 Å². The Kier molecular flexibility index (Phi) is 5.19. The van der Waals surface area contributed by atoms with Crippen LogP contribution in [-0.2, 0) is 4.74 Å². The fraction of sp³-hybridized carbons (Fsp3) is 0.538. The second kappa shape index (κ2) is 6.46. The second-order valence-electron chi connectivity index (χ2n) is 3.48. The highest BCUT2D eigenvalue weighted by molar-refractivity contribution is 5.34. The molecule has 0 bridgehead atoms. The van der Waals surface area contributed by atoms with Crippen LogP contribution < -0.4 is 4.74 Å². The molecule has 0 fully saturated rings. The van der Waals surface area contributed by atoms with Gasteiger partial charge >= 0.3 is 0 Å². The zero-order valence-electron chi connectivity index (χ0n) is 9.82. The lowest BCUT2D eigenvalue weighted by Crippen LogP contribution is -2.04. The highest BCUT2D eigenvalue weighted by atomic mass is 16.5. The predicted octanol–water partition coefficient (Wildman–Crippen LogP) is 3.57. The highest BCUT2D eigenvalue weighted by Crippen LogP contribution is 2.27. The van der Waals surface area contributed by atoms with Crippen molar-refractivity contribution in [3.63, 3.8) is 0 Å². The fourth-order valence-electron chi connectivity index (χ4n) is 1.50. The van der Waals surface area contributed by atoms with Gasteiger partial charge in [-0.2, -0.15) is 0 Å². The van der Waals surface area contributed by atoms with Gasteiger partial charge in [0.15, 0.2) is 0 Å². The minimum atomic E-state index is 0.100. The molecule has 0 radical (unpaired) electrons. The van der Waals surface area contributed by atoms with E-state index >= 15 is 0 Å². The van der Waals surface area contributed by atoms with Gasteiger partial charge in [-0.25, -0.2) is 0 Å². The third-order valence-corrected chi connectivity index (χ3v) is 2.24. The van der Waals surface area contributed by atoms with Crippen LogP contribution in [0.25, 0.3) is 0 Å². The highest BCUT2D eigenvalue weighted by Gasteiger charge is 2.10. The topological polar surface area (TPSA) is 18.5 Å². The van der Waals surface area contributed by atoms with Gasteiger partial charge in [0.05, 0.1) is 12.7 Å². The SMILES string of the molecule is CCCOc1ccccc1C(C)OCC. The van der Waals surface area contributed by atoms with E-state index in [1.54, 1.807) is 0 Å². The van der Waals surface area contributed by atoms with Crippen molar-refractivity contribution in [1.82, 2.24) is 0 Å². The predicted molar refractivity (Wildman–Crippen MR) is 62.3 cm³/mol. The molecule has 0 aliphatic heterocycles. The van der Waals surface area contributed by atoms with Gasteiger partial charge < -0.3 is 9.47 Å². The van der Waals surface area contributed by atoms with Crippen LogP contribution in [0.2, 0.25) is 0 Å². The summed E-state index contributed by atoms with van der Waals surface area (Å²) < 4.78 is 11.2. The molecule has 15 heavy (non-hydrogen) atoms.